The van der Waals surface area contributed by atoms with Gasteiger partial charge in [0.15, 0.2) is 0 Å². The fourth-order valence-corrected chi connectivity index (χ4v) is 6.82. The lowest BCUT2D eigenvalue weighted by Crippen LogP contribution is -2.53. The van der Waals surface area contributed by atoms with Crippen LogP contribution in [0.1, 0.15) is 40.3 Å². The summed E-state index contributed by atoms with van der Waals surface area (Å²) in [5.74, 6) is -0.315. The van der Waals surface area contributed by atoms with Crippen LogP contribution in [0.25, 0.3) is 0 Å². The first-order valence-corrected chi connectivity index (χ1v) is 16.5. The van der Waals surface area contributed by atoms with Crippen LogP contribution in [0.4, 0.5) is 0 Å². The Bertz CT molecular complexity index is 1600. The van der Waals surface area contributed by atoms with E-state index in [0.29, 0.717) is 70.9 Å². The number of benzene rings is 3. The predicted molar refractivity (Wildman–Crippen MR) is 179 cm³/mol. The number of rotatable bonds is 11. The SMILES string of the molecule is N#Cc1ccc(Cn2cncc2CCNC(=O)[C@H]2C[C@@H](C(=O)N3CCOCC3)CN(CC(c3ccccc3)c3ccccc3)C2)cc1. The van der Waals surface area contributed by atoms with Crippen LogP contribution in [0.2, 0.25) is 0 Å². The smallest absolute Gasteiger partial charge is 0.227 e. The zero-order valence-corrected chi connectivity index (χ0v) is 26.7. The minimum Gasteiger partial charge on any atom is -0.378 e. The third kappa shape index (κ3) is 8.33. The average molecular weight is 631 g/mol. The Labute approximate surface area is 276 Å². The molecule has 9 heteroatoms. The van der Waals surface area contributed by atoms with Gasteiger partial charge in [0, 0.05) is 70.0 Å². The Morgan fingerprint density at radius 3 is 2.23 bits per heavy atom. The normalized spacial score (nSPS) is 18.5. The Kier molecular flexibility index (Phi) is 10.7. The highest BCUT2D eigenvalue weighted by Crippen LogP contribution is 2.30. The van der Waals surface area contributed by atoms with E-state index in [2.05, 4.69) is 74.4 Å². The van der Waals surface area contributed by atoms with Crippen LogP contribution in [-0.2, 0) is 27.3 Å². The van der Waals surface area contributed by atoms with Crippen LogP contribution in [-0.4, -0.2) is 83.6 Å². The van der Waals surface area contributed by atoms with Gasteiger partial charge in [-0.15, -0.1) is 0 Å². The molecule has 2 amide bonds. The largest absolute Gasteiger partial charge is 0.378 e. The number of imidazole rings is 1. The number of hydrogen-bond donors (Lipinski definition) is 1. The van der Waals surface area contributed by atoms with Gasteiger partial charge in [-0.2, -0.15) is 5.26 Å². The molecule has 9 nitrogen and oxygen atoms in total. The van der Waals surface area contributed by atoms with E-state index in [9.17, 15) is 9.59 Å². The highest BCUT2D eigenvalue weighted by molar-refractivity contribution is 5.83. The lowest BCUT2D eigenvalue weighted by molar-refractivity contribution is -0.143. The van der Waals surface area contributed by atoms with Crippen molar-refractivity contribution in [2.24, 2.45) is 11.8 Å². The number of amides is 2. The zero-order chi connectivity index (χ0) is 32.4. The summed E-state index contributed by atoms with van der Waals surface area (Å²) >= 11 is 0. The summed E-state index contributed by atoms with van der Waals surface area (Å²) in [4.78, 5) is 36.1. The molecular formula is C38H42N6O3. The van der Waals surface area contributed by atoms with Gasteiger partial charge >= 0.3 is 0 Å². The molecule has 0 aliphatic carbocycles. The number of likely N-dealkylation sites (tertiary alicyclic amines) is 1. The van der Waals surface area contributed by atoms with Gasteiger partial charge in [0.2, 0.25) is 11.8 Å². The fourth-order valence-electron chi connectivity index (χ4n) is 6.82. The molecule has 0 radical (unpaired) electrons. The van der Waals surface area contributed by atoms with E-state index >= 15 is 0 Å². The number of carbonyl (C=O) groups is 2. The second-order valence-corrected chi connectivity index (χ2v) is 12.5. The number of aromatic nitrogens is 2. The molecule has 3 heterocycles. The monoisotopic (exact) mass is 630 g/mol. The number of nitrogens with one attached hydrogen (secondary N) is 1. The van der Waals surface area contributed by atoms with Crippen LogP contribution >= 0.6 is 0 Å². The zero-order valence-electron chi connectivity index (χ0n) is 26.7. The van der Waals surface area contributed by atoms with Crippen molar-refractivity contribution in [3.8, 4) is 6.07 Å². The lowest BCUT2D eigenvalue weighted by Gasteiger charge is -2.40. The standard InChI is InChI=1S/C38H42N6O3/c39-22-29-11-13-30(14-12-29)24-44-28-40-23-35(44)15-16-41-37(45)33-21-34(38(46)43-17-19-47-20-18-43)26-42(25-33)27-36(31-7-3-1-4-8-31)32-9-5-2-6-10-32/h1-14,23,28,33-34,36H,15-21,24-27H2,(H,41,45)/t33-,34+/m0/s1. The molecule has 0 spiro atoms. The first-order valence-electron chi connectivity index (χ1n) is 16.5. The van der Waals surface area contributed by atoms with Crippen molar-refractivity contribution in [1.82, 2.24) is 24.7 Å². The number of hydrogen-bond acceptors (Lipinski definition) is 6. The molecular weight excluding hydrogens is 588 g/mol. The molecule has 0 saturated carbocycles. The molecule has 2 aliphatic heterocycles. The number of ether oxygens (including phenoxy) is 1. The van der Waals surface area contributed by atoms with E-state index in [1.165, 1.54) is 11.1 Å². The van der Waals surface area contributed by atoms with E-state index in [4.69, 9.17) is 10.00 Å². The van der Waals surface area contributed by atoms with Crippen LogP contribution in [0, 0.1) is 23.2 Å². The number of piperidine rings is 1. The molecule has 1 aromatic heterocycles. The predicted octanol–water partition coefficient (Wildman–Crippen LogP) is 4.09. The van der Waals surface area contributed by atoms with Crippen molar-refractivity contribution in [2.75, 3.05) is 52.5 Å². The maximum Gasteiger partial charge on any atom is 0.227 e. The van der Waals surface area contributed by atoms with Crippen molar-refractivity contribution < 1.29 is 14.3 Å². The highest BCUT2D eigenvalue weighted by atomic mass is 16.5. The molecule has 4 aromatic rings. The molecule has 3 aromatic carbocycles. The van der Waals surface area contributed by atoms with E-state index in [1.54, 1.807) is 6.33 Å². The van der Waals surface area contributed by atoms with Gasteiger partial charge in [-0.1, -0.05) is 72.8 Å². The number of nitrogens with zero attached hydrogens (tertiary/aromatic N) is 5. The molecule has 2 fully saturated rings. The van der Waals surface area contributed by atoms with Gasteiger partial charge in [0.05, 0.1) is 43.0 Å². The molecule has 6 rings (SSSR count). The lowest BCUT2D eigenvalue weighted by atomic mass is 9.85. The second-order valence-electron chi connectivity index (χ2n) is 12.5. The first kappa shape index (κ1) is 32.2. The summed E-state index contributed by atoms with van der Waals surface area (Å²) in [5, 5.41) is 12.3. The van der Waals surface area contributed by atoms with Crippen LogP contribution in [0.15, 0.2) is 97.5 Å². The van der Waals surface area contributed by atoms with Gasteiger partial charge in [0.25, 0.3) is 0 Å². The summed E-state index contributed by atoms with van der Waals surface area (Å²) in [5.41, 5.74) is 5.18. The topological polar surface area (TPSA) is 103 Å². The third-order valence-electron chi connectivity index (χ3n) is 9.33. The number of morpholine rings is 1. The third-order valence-corrected chi connectivity index (χ3v) is 9.33. The summed E-state index contributed by atoms with van der Waals surface area (Å²) in [6.45, 7) is 5.37. The van der Waals surface area contributed by atoms with Gasteiger partial charge in [-0.05, 0) is 35.2 Å². The Balaban J connectivity index is 1.13. The molecule has 2 saturated heterocycles. The fraction of sp³-hybridized carbons (Fsp3) is 0.368. The van der Waals surface area contributed by atoms with Gasteiger partial charge in [0.1, 0.15) is 0 Å². The Morgan fingerprint density at radius 1 is 0.915 bits per heavy atom. The number of carbonyl (C=O) groups excluding carboxylic acids is 2. The quantitative estimate of drug-likeness (QED) is 0.268. The summed E-state index contributed by atoms with van der Waals surface area (Å²) in [7, 11) is 0. The van der Waals surface area contributed by atoms with E-state index < -0.39 is 0 Å². The summed E-state index contributed by atoms with van der Waals surface area (Å²) in [6.07, 6.45) is 4.81. The minimum atomic E-state index is -0.297. The first-order chi connectivity index (χ1) is 23.1. The molecule has 0 unspecified atom stereocenters. The van der Waals surface area contributed by atoms with Crippen LogP contribution in [0.5, 0.6) is 0 Å². The maximum absolute atomic E-state index is 13.8. The molecule has 0 bridgehead atoms. The van der Waals surface area contributed by atoms with E-state index in [1.807, 2.05) is 47.5 Å². The second kappa shape index (κ2) is 15.7. The van der Waals surface area contributed by atoms with Gasteiger partial charge in [-0.25, -0.2) is 4.98 Å². The molecule has 2 atom stereocenters. The van der Waals surface area contributed by atoms with Crippen LogP contribution in [0.3, 0.4) is 0 Å². The molecule has 242 valence electrons. The summed E-state index contributed by atoms with van der Waals surface area (Å²) in [6, 6.07) is 30.7. The van der Waals surface area contributed by atoms with E-state index in [-0.39, 0.29) is 29.6 Å². The van der Waals surface area contributed by atoms with Crippen LogP contribution < -0.4 is 5.32 Å². The molecule has 47 heavy (non-hydrogen) atoms. The van der Waals surface area contributed by atoms with Gasteiger partial charge in [-0.3, -0.25) is 9.59 Å². The van der Waals surface area contributed by atoms with Crippen molar-refractivity contribution in [2.45, 2.75) is 25.3 Å². The Morgan fingerprint density at radius 2 is 1.57 bits per heavy atom. The number of nitriles is 1. The van der Waals surface area contributed by atoms with Crippen molar-refractivity contribution in [3.63, 3.8) is 0 Å². The van der Waals surface area contributed by atoms with E-state index in [0.717, 1.165) is 17.8 Å². The van der Waals surface area contributed by atoms with Gasteiger partial charge < -0.3 is 24.4 Å². The molecule has 2 aliphatic rings. The molecule has 1 N–H and O–H groups in total. The van der Waals surface area contributed by atoms with Crippen molar-refractivity contribution >= 4 is 11.8 Å². The Hall–Kier alpha value is -4.78. The highest BCUT2D eigenvalue weighted by Gasteiger charge is 2.38. The summed E-state index contributed by atoms with van der Waals surface area (Å²) < 4.78 is 7.58. The van der Waals surface area contributed by atoms with Crippen molar-refractivity contribution in [3.05, 3.63) is 125 Å². The average Bonchev–Trinajstić information content (AvgIpc) is 3.57. The minimum absolute atomic E-state index is 0.0105. The van der Waals surface area contributed by atoms with Crippen molar-refractivity contribution in [1.29, 1.82) is 5.26 Å². The maximum atomic E-state index is 13.8.